The molecule has 0 aromatic heterocycles. The molecule has 0 bridgehead atoms. The number of carbonyl (C=O) groups excluding carboxylic acids is 2. The van der Waals surface area contributed by atoms with Crippen LogP contribution in [0.5, 0.6) is 0 Å². The maximum atomic E-state index is 11.9. The van der Waals surface area contributed by atoms with Crippen molar-refractivity contribution in [1.29, 1.82) is 0 Å². The Kier molecular flexibility index (Phi) is 5.55. The molecule has 8 heteroatoms. The number of nitrogens with one attached hydrogen (secondary N) is 1. The standard InChI is InChI=1S/C11H10ClIN2O4/c12-5-1-2-7(13)6(3-5)10(17)15-8(11(18)19)4-9(14)16/h1-3,8H,4H2,(H2,14,16)(H,15,17)(H,18,19)/t8-/m0/s1. The lowest BCUT2D eigenvalue weighted by atomic mass is 10.1. The Bertz CT molecular complexity index is 535. The van der Waals surface area contributed by atoms with E-state index < -0.39 is 30.2 Å². The molecule has 1 atom stereocenters. The van der Waals surface area contributed by atoms with Crippen molar-refractivity contribution < 1.29 is 19.5 Å². The highest BCUT2D eigenvalue weighted by Crippen LogP contribution is 2.18. The van der Waals surface area contributed by atoms with Gasteiger partial charge in [-0.3, -0.25) is 9.59 Å². The van der Waals surface area contributed by atoms with Gasteiger partial charge in [0.2, 0.25) is 5.91 Å². The van der Waals surface area contributed by atoms with E-state index >= 15 is 0 Å². The van der Waals surface area contributed by atoms with Gasteiger partial charge < -0.3 is 16.2 Å². The SMILES string of the molecule is NC(=O)C[C@H](NC(=O)c1cc(Cl)ccc1I)C(=O)O. The molecule has 0 saturated carbocycles. The Labute approximate surface area is 127 Å². The predicted molar refractivity (Wildman–Crippen MR) is 76.9 cm³/mol. The van der Waals surface area contributed by atoms with Crippen LogP contribution in [0.25, 0.3) is 0 Å². The summed E-state index contributed by atoms with van der Waals surface area (Å²) < 4.78 is 0.614. The topological polar surface area (TPSA) is 109 Å². The number of aliphatic carboxylic acids is 1. The van der Waals surface area contributed by atoms with Crippen LogP contribution in [0.2, 0.25) is 5.02 Å². The summed E-state index contributed by atoms with van der Waals surface area (Å²) in [5.41, 5.74) is 5.16. The van der Waals surface area contributed by atoms with Gasteiger partial charge in [0, 0.05) is 8.59 Å². The van der Waals surface area contributed by atoms with Crippen LogP contribution in [-0.4, -0.2) is 28.9 Å². The summed E-state index contributed by atoms with van der Waals surface area (Å²) in [4.78, 5) is 33.6. The highest BCUT2D eigenvalue weighted by molar-refractivity contribution is 14.1. The van der Waals surface area contributed by atoms with Crippen molar-refractivity contribution in [2.24, 2.45) is 5.73 Å². The van der Waals surface area contributed by atoms with E-state index in [4.69, 9.17) is 22.4 Å². The average molecular weight is 397 g/mol. The number of amides is 2. The van der Waals surface area contributed by atoms with Crippen molar-refractivity contribution in [2.75, 3.05) is 0 Å². The lowest BCUT2D eigenvalue weighted by molar-refractivity contribution is -0.140. The van der Waals surface area contributed by atoms with Gasteiger partial charge in [-0.25, -0.2) is 4.79 Å². The first kappa shape index (κ1) is 15.7. The van der Waals surface area contributed by atoms with Gasteiger partial charge in [-0.2, -0.15) is 0 Å². The maximum Gasteiger partial charge on any atom is 0.326 e. The molecule has 0 aliphatic carbocycles. The minimum absolute atomic E-state index is 0.240. The molecule has 0 aliphatic heterocycles. The average Bonchev–Trinajstić information content (AvgIpc) is 2.30. The zero-order chi connectivity index (χ0) is 14.6. The van der Waals surface area contributed by atoms with E-state index in [0.717, 1.165) is 0 Å². The van der Waals surface area contributed by atoms with Crippen LogP contribution in [0.1, 0.15) is 16.8 Å². The molecule has 19 heavy (non-hydrogen) atoms. The molecule has 4 N–H and O–H groups in total. The van der Waals surface area contributed by atoms with Crippen LogP contribution in [0.15, 0.2) is 18.2 Å². The van der Waals surface area contributed by atoms with Gasteiger partial charge >= 0.3 is 5.97 Å². The summed E-state index contributed by atoms with van der Waals surface area (Å²) in [6, 6.07) is 3.29. The molecule has 1 rings (SSSR count). The Morgan fingerprint density at radius 2 is 2.05 bits per heavy atom. The van der Waals surface area contributed by atoms with Crippen LogP contribution in [0.3, 0.4) is 0 Å². The smallest absolute Gasteiger partial charge is 0.326 e. The second-order valence-electron chi connectivity index (χ2n) is 3.66. The third kappa shape index (κ3) is 4.67. The van der Waals surface area contributed by atoms with E-state index in [1.54, 1.807) is 12.1 Å². The van der Waals surface area contributed by atoms with Gasteiger partial charge in [-0.05, 0) is 40.8 Å². The van der Waals surface area contributed by atoms with Crippen molar-refractivity contribution in [1.82, 2.24) is 5.32 Å². The van der Waals surface area contributed by atoms with E-state index in [2.05, 4.69) is 5.32 Å². The van der Waals surface area contributed by atoms with E-state index in [-0.39, 0.29) is 5.56 Å². The van der Waals surface area contributed by atoms with E-state index in [0.29, 0.717) is 8.59 Å². The Morgan fingerprint density at radius 1 is 1.42 bits per heavy atom. The Hall–Kier alpha value is -1.35. The summed E-state index contributed by atoms with van der Waals surface area (Å²) in [5.74, 6) is -2.77. The summed E-state index contributed by atoms with van der Waals surface area (Å²) in [5, 5.41) is 11.5. The minimum Gasteiger partial charge on any atom is -0.480 e. The molecule has 2 amide bonds. The lowest BCUT2D eigenvalue weighted by Crippen LogP contribution is -2.43. The quantitative estimate of drug-likeness (QED) is 0.645. The third-order valence-corrected chi connectivity index (χ3v) is 3.36. The van der Waals surface area contributed by atoms with E-state index in [1.807, 2.05) is 22.6 Å². The predicted octanol–water partition coefficient (Wildman–Crippen LogP) is 1.00. The number of halogens is 2. The number of hydrogen-bond donors (Lipinski definition) is 3. The number of carbonyl (C=O) groups is 3. The van der Waals surface area contributed by atoms with Gasteiger partial charge in [-0.15, -0.1) is 0 Å². The summed E-state index contributed by atoms with van der Waals surface area (Å²) in [6.45, 7) is 0. The number of carboxylic acid groups (broad SMARTS) is 1. The molecule has 0 aliphatic rings. The molecule has 0 radical (unpaired) electrons. The van der Waals surface area contributed by atoms with Crippen LogP contribution in [-0.2, 0) is 9.59 Å². The fourth-order valence-corrected chi connectivity index (χ4v) is 2.06. The first-order valence-electron chi connectivity index (χ1n) is 5.08. The van der Waals surface area contributed by atoms with E-state index in [1.165, 1.54) is 6.07 Å². The largest absolute Gasteiger partial charge is 0.480 e. The lowest BCUT2D eigenvalue weighted by Gasteiger charge is -2.13. The number of carboxylic acids is 1. The van der Waals surface area contributed by atoms with Gasteiger partial charge in [0.15, 0.2) is 0 Å². The molecular weight excluding hydrogens is 386 g/mol. The Balaban J connectivity index is 2.90. The van der Waals surface area contributed by atoms with Gasteiger partial charge in [0.05, 0.1) is 12.0 Å². The molecule has 1 aromatic carbocycles. The van der Waals surface area contributed by atoms with Crippen LogP contribution < -0.4 is 11.1 Å². The second kappa shape index (κ2) is 6.71. The molecule has 0 unspecified atom stereocenters. The fraction of sp³-hybridized carbons (Fsp3) is 0.182. The first-order chi connectivity index (χ1) is 8.81. The molecule has 0 heterocycles. The number of primary amides is 1. The van der Waals surface area contributed by atoms with Crippen molar-refractivity contribution >= 4 is 52.0 Å². The van der Waals surface area contributed by atoms with E-state index in [9.17, 15) is 14.4 Å². The number of hydrogen-bond acceptors (Lipinski definition) is 3. The van der Waals surface area contributed by atoms with Gasteiger partial charge in [0.25, 0.3) is 5.91 Å². The molecule has 6 nitrogen and oxygen atoms in total. The van der Waals surface area contributed by atoms with Crippen molar-refractivity contribution in [3.63, 3.8) is 0 Å². The summed E-state index contributed by atoms with van der Waals surface area (Å²) >= 11 is 7.69. The highest BCUT2D eigenvalue weighted by Gasteiger charge is 2.23. The summed E-state index contributed by atoms with van der Waals surface area (Å²) in [6.07, 6.45) is -0.474. The monoisotopic (exact) mass is 396 g/mol. The van der Waals surface area contributed by atoms with Crippen molar-refractivity contribution in [3.8, 4) is 0 Å². The normalized spacial score (nSPS) is 11.7. The van der Waals surface area contributed by atoms with Crippen LogP contribution >= 0.6 is 34.2 Å². The zero-order valence-corrected chi connectivity index (χ0v) is 12.4. The van der Waals surface area contributed by atoms with Crippen molar-refractivity contribution in [3.05, 3.63) is 32.4 Å². The Morgan fingerprint density at radius 3 is 2.58 bits per heavy atom. The van der Waals surface area contributed by atoms with Crippen LogP contribution in [0.4, 0.5) is 0 Å². The van der Waals surface area contributed by atoms with Gasteiger partial charge in [0.1, 0.15) is 6.04 Å². The number of nitrogens with two attached hydrogens (primary N) is 1. The number of benzene rings is 1. The van der Waals surface area contributed by atoms with Gasteiger partial charge in [-0.1, -0.05) is 11.6 Å². The molecule has 102 valence electrons. The minimum atomic E-state index is -1.36. The molecule has 1 aromatic rings. The zero-order valence-electron chi connectivity index (χ0n) is 9.52. The third-order valence-electron chi connectivity index (χ3n) is 2.18. The molecule has 0 fully saturated rings. The first-order valence-corrected chi connectivity index (χ1v) is 6.54. The molecular formula is C11H10ClIN2O4. The van der Waals surface area contributed by atoms with Crippen molar-refractivity contribution in [2.45, 2.75) is 12.5 Å². The molecule has 0 saturated heterocycles. The fourth-order valence-electron chi connectivity index (χ4n) is 1.31. The summed E-state index contributed by atoms with van der Waals surface area (Å²) in [7, 11) is 0. The number of rotatable bonds is 5. The second-order valence-corrected chi connectivity index (χ2v) is 5.26. The highest BCUT2D eigenvalue weighted by atomic mass is 127. The van der Waals surface area contributed by atoms with Crippen LogP contribution in [0, 0.1) is 3.57 Å². The maximum absolute atomic E-state index is 11.9. The molecule has 0 spiro atoms.